The van der Waals surface area contributed by atoms with E-state index in [1.165, 1.54) is 12.7 Å². The van der Waals surface area contributed by atoms with Crippen LogP contribution in [0.1, 0.15) is 25.3 Å². The molecule has 5 nitrogen and oxygen atoms in total. The monoisotopic (exact) mass is 338 g/mol. The minimum atomic E-state index is -0.287. The highest BCUT2D eigenvalue weighted by molar-refractivity contribution is 5.95. The average molecular weight is 338 g/mol. The lowest BCUT2D eigenvalue weighted by Gasteiger charge is -2.50. The van der Waals surface area contributed by atoms with Gasteiger partial charge in [-0.25, -0.2) is 4.79 Å². The molecule has 1 N–H and O–H groups in total. The van der Waals surface area contributed by atoms with E-state index in [1.54, 1.807) is 6.92 Å². The molecular weight excluding hydrogens is 316 g/mol. The number of ether oxygens (including phenoxy) is 1. The lowest BCUT2D eigenvalue weighted by Crippen LogP contribution is -2.56. The highest BCUT2D eigenvalue weighted by Gasteiger charge is 2.63. The minimum absolute atomic E-state index is 0.0470. The first kappa shape index (κ1) is 15.1. The van der Waals surface area contributed by atoms with E-state index < -0.39 is 0 Å². The van der Waals surface area contributed by atoms with Crippen LogP contribution in [-0.2, 0) is 19.7 Å². The van der Waals surface area contributed by atoms with Crippen LogP contribution in [0.5, 0.6) is 0 Å². The molecule has 2 fully saturated rings. The van der Waals surface area contributed by atoms with Crippen molar-refractivity contribution in [1.29, 1.82) is 0 Å². The molecule has 3 heterocycles. The Morgan fingerprint density at radius 2 is 2.12 bits per heavy atom. The zero-order valence-corrected chi connectivity index (χ0v) is 14.5. The fraction of sp³-hybridized carbons (Fsp3) is 0.500. The number of para-hydroxylation sites is 1. The van der Waals surface area contributed by atoms with Gasteiger partial charge in [-0.15, -0.1) is 0 Å². The summed E-state index contributed by atoms with van der Waals surface area (Å²) in [5.41, 5.74) is 3.93. The molecule has 0 radical (unpaired) electrons. The first-order valence-electron chi connectivity index (χ1n) is 9.02. The third-order valence-electron chi connectivity index (χ3n) is 6.88. The van der Waals surface area contributed by atoms with Crippen LogP contribution in [0.3, 0.4) is 0 Å². The summed E-state index contributed by atoms with van der Waals surface area (Å²) in [5, 5.41) is 3.55. The van der Waals surface area contributed by atoms with Crippen molar-refractivity contribution in [2.75, 3.05) is 25.5 Å². The summed E-state index contributed by atoms with van der Waals surface area (Å²) in [6, 6.07) is 8.72. The number of hydrogen-bond acceptors (Lipinski definition) is 5. The number of Topliss-reactive ketones (excluding diaryl/α,β-unsaturated/α-hetero) is 1. The van der Waals surface area contributed by atoms with E-state index in [2.05, 4.69) is 28.4 Å². The normalized spacial score (nSPS) is 35.0. The van der Waals surface area contributed by atoms with E-state index in [-0.39, 0.29) is 29.0 Å². The molecule has 1 aromatic rings. The van der Waals surface area contributed by atoms with Gasteiger partial charge in [0.05, 0.1) is 18.1 Å². The van der Waals surface area contributed by atoms with Crippen LogP contribution in [0, 0.1) is 11.8 Å². The summed E-state index contributed by atoms with van der Waals surface area (Å²) in [5.74, 6) is -0.293. The Labute approximate surface area is 147 Å². The molecule has 1 aliphatic carbocycles. The van der Waals surface area contributed by atoms with Crippen LogP contribution in [0.25, 0.3) is 0 Å². The van der Waals surface area contributed by atoms with Crippen molar-refractivity contribution in [2.45, 2.75) is 31.2 Å². The Bertz CT molecular complexity index is 830. The Morgan fingerprint density at radius 1 is 1.32 bits per heavy atom. The van der Waals surface area contributed by atoms with Gasteiger partial charge in [-0.05, 0) is 37.9 Å². The molecule has 5 rings (SSSR count). The second-order valence-electron chi connectivity index (χ2n) is 7.74. The number of methoxy groups -OCH3 is 1. The van der Waals surface area contributed by atoms with E-state index in [0.717, 1.165) is 37.3 Å². The predicted molar refractivity (Wildman–Crippen MR) is 93.0 cm³/mol. The first-order chi connectivity index (χ1) is 12.1. The molecule has 1 aromatic carbocycles. The molecular formula is C20H22N2O3. The van der Waals surface area contributed by atoms with E-state index in [9.17, 15) is 9.59 Å². The van der Waals surface area contributed by atoms with Gasteiger partial charge >= 0.3 is 5.97 Å². The van der Waals surface area contributed by atoms with Gasteiger partial charge in [0.15, 0.2) is 0 Å². The van der Waals surface area contributed by atoms with Crippen molar-refractivity contribution in [2.24, 2.45) is 11.8 Å². The smallest absolute Gasteiger partial charge is 0.335 e. The summed E-state index contributed by atoms with van der Waals surface area (Å²) in [4.78, 5) is 27.5. The fourth-order valence-corrected chi connectivity index (χ4v) is 5.86. The number of benzene rings is 1. The van der Waals surface area contributed by atoms with Crippen molar-refractivity contribution in [3.8, 4) is 0 Å². The predicted octanol–water partition coefficient (Wildman–Crippen LogP) is 2.09. The van der Waals surface area contributed by atoms with Crippen molar-refractivity contribution >= 4 is 17.4 Å². The van der Waals surface area contributed by atoms with Crippen molar-refractivity contribution in [1.82, 2.24) is 4.90 Å². The number of piperidine rings is 1. The number of carbonyl (C=O) groups is 2. The molecule has 2 bridgehead atoms. The van der Waals surface area contributed by atoms with E-state index >= 15 is 0 Å². The van der Waals surface area contributed by atoms with Crippen LogP contribution in [0.2, 0.25) is 0 Å². The number of hydrogen-bond donors (Lipinski definition) is 1. The number of anilines is 1. The average Bonchev–Trinajstić information content (AvgIpc) is 3.17. The zero-order valence-electron chi connectivity index (χ0n) is 14.5. The third-order valence-corrected chi connectivity index (χ3v) is 6.88. The summed E-state index contributed by atoms with van der Waals surface area (Å²) >= 11 is 0. The standard InChI is InChI=1S/C20H22N2O3/c1-11(23)13-10-22-8-7-20-14-5-3-4-6-15(14)21-18(20)17(19(24)25-2)12(13)9-16(20)22/h3-6,12-13,16,21H,7-10H2,1-2H3/t12?,13?,16-,20+/m0/s1. The molecule has 25 heavy (non-hydrogen) atoms. The Balaban J connectivity index is 1.79. The first-order valence-corrected chi connectivity index (χ1v) is 9.02. The Morgan fingerprint density at radius 3 is 2.88 bits per heavy atom. The van der Waals surface area contributed by atoms with Gasteiger partial charge in [0.2, 0.25) is 0 Å². The topological polar surface area (TPSA) is 58.6 Å². The Hall–Kier alpha value is -2.14. The van der Waals surface area contributed by atoms with Crippen LogP contribution < -0.4 is 5.32 Å². The quantitative estimate of drug-likeness (QED) is 0.837. The molecule has 5 heteroatoms. The van der Waals surface area contributed by atoms with Crippen LogP contribution in [0.15, 0.2) is 35.5 Å². The summed E-state index contributed by atoms with van der Waals surface area (Å²) in [7, 11) is 1.43. The molecule has 4 aliphatic rings. The second kappa shape index (κ2) is 4.94. The highest BCUT2D eigenvalue weighted by atomic mass is 16.5. The number of carbonyl (C=O) groups excluding carboxylic acids is 2. The second-order valence-corrected chi connectivity index (χ2v) is 7.74. The molecule has 0 saturated carbocycles. The van der Waals surface area contributed by atoms with Gasteiger partial charge in [0, 0.05) is 35.8 Å². The van der Waals surface area contributed by atoms with Crippen LogP contribution in [0.4, 0.5) is 5.69 Å². The molecule has 130 valence electrons. The molecule has 2 saturated heterocycles. The maximum absolute atomic E-state index is 12.8. The number of nitrogens with one attached hydrogen (secondary N) is 1. The third kappa shape index (κ3) is 1.72. The van der Waals surface area contributed by atoms with Gasteiger partial charge in [-0.2, -0.15) is 0 Å². The fourth-order valence-electron chi connectivity index (χ4n) is 5.86. The molecule has 1 spiro atoms. The van der Waals surface area contributed by atoms with E-state index in [1.807, 2.05) is 6.07 Å². The van der Waals surface area contributed by atoms with Gasteiger partial charge in [0.25, 0.3) is 0 Å². The zero-order chi connectivity index (χ0) is 17.3. The van der Waals surface area contributed by atoms with E-state index in [0.29, 0.717) is 11.6 Å². The largest absolute Gasteiger partial charge is 0.466 e. The van der Waals surface area contributed by atoms with Crippen molar-refractivity contribution < 1.29 is 14.3 Å². The lowest BCUT2D eigenvalue weighted by molar-refractivity contribution is -0.138. The SMILES string of the molecule is COC(=O)C1=C2Nc3ccccc3[C@@]23CCN2CC(C(C)=O)C1C[C@H]23. The Kier molecular flexibility index (Phi) is 2.99. The van der Waals surface area contributed by atoms with Gasteiger partial charge in [-0.3, -0.25) is 9.69 Å². The number of fused-ring (bicyclic) bond motifs is 2. The molecule has 0 amide bonds. The summed E-state index contributed by atoms with van der Waals surface area (Å²) in [6.45, 7) is 3.37. The minimum Gasteiger partial charge on any atom is -0.466 e. The van der Waals surface area contributed by atoms with Crippen molar-refractivity contribution in [3.63, 3.8) is 0 Å². The summed E-state index contributed by atoms with van der Waals surface area (Å²) < 4.78 is 5.16. The lowest BCUT2D eigenvalue weighted by atomic mass is 9.60. The highest BCUT2D eigenvalue weighted by Crippen LogP contribution is 2.61. The number of nitrogens with zero attached hydrogens (tertiary/aromatic N) is 1. The number of esters is 1. The van der Waals surface area contributed by atoms with E-state index in [4.69, 9.17) is 4.74 Å². The molecule has 4 atom stereocenters. The van der Waals surface area contributed by atoms with Crippen LogP contribution >= 0.6 is 0 Å². The molecule has 2 unspecified atom stereocenters. The molecule has 3 aliphatic heterocycles. The summed E-state index contributed by atoms with van der Waals surface area (Å²) in [6.07, 6.45) is 1.84. The van der Waals surface area contributed by atoms with Crippen LogP contribution in [-0.4, -0.2) is 42.9 Å². The van der Waals surface area contributed by atoms with Gasteiger partial charge in [-0.1, -0.05) is 18.2 Å². The number of rotatable bonds is 2. The molecule has 0 aromatic heterocycles. The maximum Gasteiger partial charge on any atom is 0.335 e. The maximum atomic E-state index is 12.8. The number of ketones is 1. The van der Waals surface area contributed by atoms with Gasteiger partial charge in [0.1, 0.15) is 5.78 Å². The van der Waals surface area contributed by atoms with Crippen molar-refractivity contribution in [3.05, 3.63) is 41.1 Å². The van der Waals surface area contributed by atoms with Gasteiger partial charge < -0.3 is 10.1 Å².